The van der Waals surface area contributed by atoms with Gasteiger partial charge in [-0.05, 0) is 42.2 Å². The molecule has 0 saturated heterocycles. The van der Waals surface area contributed by atoms with Gasteiger partial charge in [0.15, 0.2) is 17.5 Å². The summed E-state index contributed by atoms with van der Waals surface area (Å²) in [5.74, 6) is -4.73. The van der Waals surface area contributed by atoms with Crippen molar-refractivity contribution in [3.8, 4) is 11.1 Å². The second-order valence-electron chi connectivity index (χ2n) is 5.83. The largest absolute Gasteiger partial charge is 0.206 e. The van der Waals surface area contributed by atoms with E-state index in [-0.39, 0.29) is 17.0 Å². The quantitative estimate of drug-likeness (QED) is 0.458. The van der Waals surface area contributed by atoms with Crippen LogP contribution >= 0.6 is 0 Å². The van der Waals surface area contributed by atoms with Gasteiger partial charge >= 0.3 is 0 Å². The van der Waals surface area contributed by atoms with Crippen molar-refractivity contribution in [2.24, 2.45) is 0 Å². The van der Waals surface area contributed by atoms with E-state index in [2.05, 4.69) is 13.0 Å². The Bertz CT molecular complexity index is 811. The van der Waals surface area contributed by atoms with Gasteiger partial charge in [-0.15, -0.1) is 0 Å². The molecular formula is C20H16F4. The van der Waals surface area contributed by atoms with E-state index in [4.69, 9.17) is 0 Å². The summed E-state index contributed by atoms with van der Waals surface area (Å²) in [6.07, 6.45) is 7.94. The van der Waals surface area contributed by atoms with Crippen LogP contribution in [-0.4, -0.2) is 0 Å². The Balaban J connectivity index is 1.91. The molecule has 1 atom stereocenters. The molecule has 3 rings (SSSR count). The highest BCUT2D eigenvalue weighted by Gasteiger charge is 2.16. The maximum absolute atomic E-state index is 14.4. The Labute approximate surface area is 138 Å². The average Bonchev–Trinajstić information content (AvgIpc) is 2.59. The summed E-state index contributed by atoms with van der Waals surface area (Å²) in [7, 11) is 0. The van der Waals surface area contributed by atoms with E-state index in [1.165, 1.54) is 17.7 Å². The minimum atomic E-state index is -1.55. The van der Waals surface area contributed by atoms with Crippen LogP contribution in [0, 0.1) is 23.3 Å². The maximum Gasteiger partial charge on any atom is 0.194 e. The fourth-order valence-corrected chi connectivity index (χ4v) is 2.88. The van der Waals surface area contributed by atoms with E-state index in [9.17, 15) is 17.6 Å². The minimum Gasteiger partial charge on any atom is -0.206 e. The highest BCUT2D eigenvalue weighted by atomic mass is 19.2. The van der Waals surface area contributed by atoms with E-state index in [0.29, 0.717) is 0 Å². The van der Waals surface area contributed by atoms with Crippen molar-refractivity contribution < 1.29 is 17.6 Å². The van der Waals surface area contributed by atoms with Crippen LogP contribution in [0.4, 0.5) is 17.6 Å². The summed E-state index contributed by atoms with van der Waals surface area (Å²) < 4.78 is 54.1. The molecule has 2 aromatic rings. The van der Waals surface area contributed by atoms with Crippen molar-refractivity contribution in [1.29, 1.82) is 0 Å². The zero-order valence-corrected chi connectivity index (χ0v) is 13.1. The topological polar surface area (TPSA) is 0 Å². The molecule has 0 aromatic heterocycles. The predicted octanol–water partition coefficient (Wildman–Crippen LogP) is 6.29. The van der Waals surface area contributed by atoms with E-state index >= 15 is 0 Å². The summed E-state index contributed by atoms with van der Waals surface area (Å²) in [4.78, 5) is 0. The zero-order valence-electron chi connectivity index (χ0n) is 13.1. The second kappa shape index (κ2) is 6.63. The first-order valence-corrected chi connectivity index (χ1v) is 7.81. The van der Waals surface area contributed by atoms with Crippen LogP contribution in [0.1, 0.15) is 31.2 Å². The molecule has 0 nitrogen and oxygen atoms in total. The SMILES string of the molecule is CCC1=CCC(c2ccc(-c3cc(F)c(F)c(F)c3)c(F)c2)C=C1. The molecule has 0 saturated carbocycles. The van der Waals surface area contributed by atoms with E-state index in [0.717, 1.165) is 30.5 Å². The smallest absolute Gasteiger partial charge is 0.194 e. The highest BCUT2D eigenvalue weighted by molar-refractivity contribution is 5.65. The van der Waals surface area contributed by atoms with Gasteiger partial charge in [-0.1, -0.05) is 42.9 Å². The molecule has 0 spiro atoms. The van der Waals surface area contributed by atoms with Crippen LogP contribution in [0.2, 0.25) is 0 Å². The van der Waals surface area contributed by atoms with Crippen molar-refractivity contribution in [2.45, 2.75) is 25.7 Å². The molecule has 24 heavy (non-hydrogen) atoms. The van der Waals surface area contributed by atoms with Crippen LogP contribution < -0.4 is 0 Å². The molecule has 0 bridgehead atoms. The van der Waals surface area contributed by atoms with Gasteiger partial charge in [0, 0.05) is 11.5 Å². The third-order valence-corrected chi connectivity index (χ3v) is 4.30. The van der Waals surface area contributed by atoms with Crippen molar-refractivity contribution >= 4 is 0 Å². The molecule has 0 radical (unpaired) electrons. The Morgan fingerprint density at radius 1 is 0.958 bits per heavy atom. The van der Waals surface area contributed by atoms with E-state index in [1.807, 2.05) is 12.2 Å². The Kier molecular flexibility index (Phi) is 4.56. The molecule has 0 N–H and O–H groups in total. The number of rotatable bonds is 3. The lowest BCUT2D eigenvalue weighted by molar-refractivity contribution is 0.447. The Morgan fingerprint density at radius 2 is 1.67 bits per heavy atom. The van der Waals surface area contributed by atoms with Crippen molar-refractivity contribution in [1.82, 2.24) is 0 Å². The van der Waals surface area contributed by atoms with Crippen molar-refractivity contribution in [3.63, 3.8) is 0 Å². The van der Waals surface area contributed by atoms with Crippen molar-refractivity contribution in [2.75, 3.05) is 0 Å². The van der Waals surface area contributed by atoms with Gasteiger partial charge in [0.05, 0.1) is 0 Å². The number of halogens is 4. The summed E-state index contributed by atoms with van der Waals surface area (Å²) in [6.45, 7) is 2.08. The molecule has 0 heterocycles. The fourth-order valence-electron chi connectivity index (χ4n) is 2.88. The molecule has 2 aromatic carbocycles. The van der Waals surface area contributed by atoms with Gasteiger partial charge in [0.25, 0.3) is 0 Å². The number of hydrogen-bond acceptors (Lipinski definition) is 0. The summed E-state index contributed by atoms with van der Waals surface area (Å²) >= 11 is 0. The zero-order chi connectivity index (χ0) is 17.3. The number of allylic oxidation sites excluding steroid dienone is 4. The number of hydrogen-bond donors (Lipinski definition) is 0. The normalized spacial score (nSPS) is 17.0. The summed E-state index contributed by atoms with van der Waals surface area (Å²) in [6, 6.07) is 6.18. The first kappa shape index (κ1) is 16.5. The maximum atomic E-state index is 14.4. The van der Waals surface area contributed by atoms with Crippen molar-refractivity contribution in [3.05, 3.63) is 83.0 Å². The molecule has 1 unspecified atom stereocenters. The fraction of sp³-hybridized carbons (Fsp3) is 0.200. The standard InChI is InChI=1S/C20H16F4/c1-2-12-3-5-13(6-4-12)14-7-8-16(17(21)9-14)15-10-18(22)20(24)19(23)11-15/h3-5,7-11,13H,2,6H2,1H3. The lowest BCUT2D eigenvalue weighted by atomic mass is 9.88. The third kappa shape index (κ3) is 3.14. The molecule has 0 amide bonds. The monoisotopic (exact) mass is 332 g/mol. The third-order valence-electron chi connectivity index (χ3n) is 4.30. The highest BCUT2D eigenvalue weighted by Crippen LogP contribution is 2.32. The molecule has 4 heteroatoms. The van der Waals surface area contributed by atoms with E-state index in [1.54, 1.807) is 6.07 Å². The van der Waals surface area contributed by atoms with Crippen LogP contribution in [0.3, 0.4) is 0 Å². The first-order valence-electron chi connectivity index (χ1n) is 7.81. The second-order valence-corrected chi connectivity index (χ2v) is 5.83. The summed E-state index contributed by atoms with van der Waals surface area (Å²) in [5, 5.41) is 0. The van der Waals surface area contributed by atoms with Gasteiger partial charge in [-0.2, -0.15) is 0 Å². The molecule has 0 fully saturated rings. The van der Waals surface area contributed by atoms with E-state index < -0.39 is 23.3 Å². The van der Waals surface area contributed by atoms with Gasteiger partial charge in [-0.3, -0.25) is 0 Å². The molecule has 1 aliphatic rings. The number of benzene rings is 2. The Hall–Kier alpha value is -2.36. The first-order chi connectivity index (χ1) is 11.5. The molecule has 0 aliphatic heterocycles. The lowest BCUT2D eigenvalue weighted by Crippen LogP contribution is -2.00. The molecular weight excluding hydrogens is 316 g/mol. The van der Waals surface area contributed by atoms with Gasteiger partial charge < -0.3 is 0 Å². The van der Waals surface area contributed by atoms with Crippen LogP contribution in [0.25, 0.3) is 11.1 Å². The predicted molar refractivity (Wildman–Crippen MR) is 86.6 cm³/mol. The van der Waals surface area contributed by atoms with Crippen LogP contribution in [-0.2, 0) is 0 Å². The lowest BCUT2D eigenvalue weighted by Gasteiger charge is -2.17. The van der Waals surface area contributed by atoms with Gasteiger partial charge in [-0.25, -0.2) is 17.6 Å². The Morgan fingerprint density at radius 3 is 2.21 bits per heavy atom. The minimum absolute atomic E-state index is 0.0252. The average molecular weight is 332 g/mol. The molecule has 124 valence electrons. The van der Waals surface area contributed by atoms with Gasteiger partial charge in [0.1, 0.15) is 5.82 Å². The summed E-state index contributed by atoms with van der Waals surface area (Å²) in [5.41, 5.74) is 2.06. The van der Waals surface area contributed by atoms with Crippen LogP contribution in [0.5, 0.6) is 0 Å². The molecule has 1 aliphatic carbocycles. The van der Waals surface area contributed by atoms with Crippen LogP contribution in [0.15, 0.2) is 54.1 Å². The van der Waals surface area contributed by atoms with Gasteiger partial charge in [0.2, 0.25) is 0 Å².